The van der Waals surface area contributed by atoms with Crippen LogP contribution in [0.2, 0.25) is 5.02 Å². The monoisotopic (exact) mass is 743 g/mol. The summed E-state index contributed by atoms with van der Waals surface area (Å²) in [7, 11) is 1.52. The zero-order valence-corrected chi connectivity index (χ0v) is 29.1. The zero-order chi connectivity index (χ0) is 36.3. The smallest absolute Gasteiger partial charge is 0.416 e. The summed E-state index contributed by atoms with van der Waals surface area (Å²) in [6.07, 6.45) is -1.68. The number of piperidine rings is 2. The third-order valence-corrected chi connectivity index (χ3v) is 10.6. The summed E-state index contributed by atoms with van der Waals surface area (Å²) in [5.74, 6) is 0.428. The number of hydroxylamine groups is 2. The van der Waals surface area contributed by atoms with Crippen LogP contribution in [-0.4, -0.2) is 77.7 Å². The number of ether oxygens (including phenoxy) is 1. The SMILES string of the molecule is COc1ccc2ncc(Cl)c(C(F)CCC3(C(=O)NO)CCN(CCSc4ccc(C(F)(F)F)cc4)CC3)c2c1.O=C(NO)C1CCNCC1. The number of aromatic nitrogens is 1. The maximum atomic E-state index is 15.7. The van der Waals surface area contributed by atoms with E-state index in [1.807, 2.05) is 0 Å². The number of fused-ring (bicyclic) bond motifs is 1. The molecule has 0 radical (unpaired) electrons. The van der Waals surface area contributed by atoms with Crippen LogP contribution in [0.5, 0.6) is 5.75 Å². The Labute approximate surface area is 297 Å². The Morgan fingerprint density at radius 3 is 2.40 bits per heavy atom. The summed E-state index contributed by atoms with van der Waals surface area (Å²) in [6.45, 7) is 3.55. The van der Waals surface area contributed by atoms with Crippen molar-refractivity contribution in [2.75, 3.05) is 45.6 Å². The van der Waals surface area contributed by atoms with Crippen molar-refractivity contribution in [3.8, 4) is 5.75 Å². The molecule has 2 aromatic carbocycles. The number of likely N-dealkylation sites (tertiary alicyclic amines) is 1. The number of thioether (sulfide) groups is 1. The highest BCUT2D eigenvalue weighted by atomic mass is 35.5. The maximum absolute atomic E-state index is 15.7. The molecule has 10 nitrogen and oxygen atoms in total. The number of carbonyl (C=O) groups is 2. The predicted molar refractivity (Wildman–Crippen MR) is 182 cm³/mol. The van der Waals surface area contributed by atoms with Gasteiger partial charge in [0.15, 0.2) is 0 Å². The number of hydrogen-bond donors (Lipinski definition) is 5. The number of amides is 2. The highest BCUT2D eigenvalue weighted by Crippen LogP contribution is 2.42. The van der Waals surface area contributed by atoms with E-state index in [4.69, 9.17) is 21.5 Å². The molecule has 2 amide bonds. The van der Waals surface area contributed by atoms with E-state index in [0.29, 0.717) is 60.4 Å². The van der Waals surface area contributed by atoms with Crippen molar-refractivity contribution in [2.45, 2.75) is 55.8 Å². The molecule has 1 unspecified atom stereocenters. The van der Waals surface area contributed by atoms with Gasteiger partial charge < -0.3 is 15.0 Å². The van der Waals surface area contributed by atoms with Crippen molar-refractivity contribution in [3.05, 3.63) is 64.8 Å². The Morgan fingerprint density at radius 1 is 1.12 bits per heavy atom. The Bertz CT molecular complexity index is 1570. The molecule has 0 aliphatic carbocycles. The molecule has 0 spiro atoms. The summed E-state index contributed by atoms with van der Waals surface area (Å²) >= 11 is 7.81. The number of nitrogens with one attached hydrogen (secondary N) is 3. The van der Waals surface area contributed by atoms with E-state index in [9.17, 15) is 28.0 Å². The first-order chi connectivity index (χ1) is 23.9. The number of nitrogens with zero attached hydrogens (tertiary/aromatic N) is 2. The van der Waals surface area contributed by atoms with E-state index in [0.717, 1.165) is 43.0 Å². The molecule has 2 saturated heterocycles. The highest BCUT2D eigenvalue weighted by molar-refractivity contribution is 7.99. The summed E-state index contributed by atoms with van der Waals surface area (Å²) in [6, 6.07) is 10.2. The lowest BCUT2D eigenvalue weighted by Gasteiger charge is -2.40. The van der Waals surface area contributed by atoms with E-state index >= 15 is 4.39 Å². The fourth-order valence-corrected chi connectivity index (χ4v) is 7.47. The molecule has 50 heavy (non-hydrogen) atoms. The van der Waals surface area contributed by atoms with Gasteiger partial charge in [-0.2, -0.15) is 13.2 Å². The number of hydrogen-bond acceptors (Lipinski definition) is 9. The second-order valence-electron chi connectivity index (χ2n) is 12.3. The minimum atomic E-state index is -4.36. The molecule has 3 heterocycles. The average Bonchev–Trinajstić information content (AvgIpc) is 3.14. The third kappa shape index (κ3) is 10.4. The van der Waals surface area contributed by atoms with Gasteiger partial charge in [0.25, 0.3) is 0 Å². The first kappa shape index (κ1) is 39.6. The van der Waals surface area contributed by atoms with Gasteiger partial charge in [0.2, 0.25) is 11.8 Å². The van der Waals surface area contributed by atoms with Crippen LogP contribution >= 0.6 is 23.4 Å². The van der Waals surface area contributed by atoms with Crippen molar-refractivity contribution >= 4 is 46.1 Å². The van der Waals surface area contributed by atoms with Crippen LogP contribution in [0.3, 0.4) is 0 Å². The first-order valence-electron chi connectivity index (χ1n) is 16.3. The number of methoxy groups -OCH3 is 1. The lowest BCUT2D eigenvalue weighted by atomic mass is 9.73. The van der Waals surface area contributed by atoms with E-state index in [-0.39, 0.29) is 29.7 Å². The quantitative estimate of drug-likeness (QED) is 0.0639. The van der Waals surface area contributed by atoms with Crippen LogP contribution in [0.25, 0.3) is 10.9 Å². The van der Waals surface area contributed by atoms with E-state index in [1.165, 1.54) is 37.2 Å². The van der Waals surface area contributed by atoms with Gasteiger partial charge >= 0.3 is 6.18 Å². The molecule has 0 bridgehead atoms. The number of pyridine rings is 1. The number of halogens is 5. The predicted octanol–water partition coefficient (Wildman–Crippen LogP) is 6.58. The molecular weight excluding hydrogens is 702 g/mol. The van der Waals surface area contributed by atoms with Crippen LogP contribution < -0.4 is 21.0 Å². The van der Waals surface area contributed by atoms with Crippen molar-refractivity contribution in [1.82, 2.24) is 26.2 Å². The van der Waals surface area contributed by atoms with Gasteiger partial charge in [-0.15, -0.1) is 11.8 Å². The van der Waals surface area contributed by atoms with Gasteiger partial charge in [0, 0.05) is 40.3 Å². The standard InChI is InChI=1S/C28H30ClF4N3O3S.C6H12N2O2/c1-39-19-4-7-24-21(16-19)25(22(29)17-34-24)23(30)8-9-27(26(37)35-38)10-12-36(13-11-27)14-15-40-20-5-2-18(3-6-20)28(31,32)33;9-6(8-10)5-1-3-7-4-2-5/h2-7,16-17,23,38H,8-15H2,1H3,(H,35,37);5,7,10H,1-4H2,(H,8,9). The van der Waals surface area contributed by atoms with Crippen LogP contribution in [0, 0.1) is 11.3 Å². The van der Waals surface area contributed by atoms with Gasteiger partial charge in [-0.1, -0.05) is 11.6 Å². The van der Waals surface area contributed by atoms with Crippen LogP contribution in [0.4, 0.5) is 17.6 Å². The Hall–Kier alpha value is -3.21. The molecule has 3 aromatic rings. The first-order valence-corrected chi connectivity index (χ1v) is 17.6. The molecule has 1 atom stereocenters. The van der Waals surface area contributed by atoms with Gasteiger partial charge in [-0.05, 0) is 107 Å². The Balaban J connectivity index is 0.000000482. The van der Waals surface area contributed by atoms with Crippen molar-refractivity contribution < 1.29 is 42.3 Å². The van der Waals surface area contributed by atoms with Gasteiger partial charge in [-0.25, -0.2) is 15.4 Å². The molecule has 1 aromatic heterocycles. The molecule has 5 rings (SSSR count). The minimum absolute atomic E-state index is 0.00579. The van der Waals surface area contributed by atoms with Gasteiger partial charge in [0.1, 0.15) is 11.9 Å². The van der Waals surface area contributed by atoms with Crippen LogP contribution in [0.15, 0.2) is 53.6 Å². The summed E-state index contributed by atoms with van der Waals surface area (Å²) < 4.78 is 59.3. The topological polar surface area (TPSA) is 136 Å². The lowest BCUT2D eigenvalue weighted by Crippen LogP contribution is -2.48. The lowest BCUT2D eigenvalue weighted by molar-refractivity contribution is -0.143. The number of carbonyl (C=O) groups excluding carboxylic acids is 2. The average molecular weight is 744 g/mol. The second kappa shape index (κ2) is 18.3. The molecule has 0 saturated carbocycles. The largest absolute Gasteiger partial charge is 0.497 e. The molecular formula is C34H42ClF4N5O5S. The van der Waals surface area contributed by atoms with Crippen molar-refractivity contribution in [3.63, 3.8) is 0 Å². The zero-order valence-electron chi connectivity index (χ0n) is 27.6. The van der Waals surface area contributed by atoms with E-state index in [1.54, 1.807) is 29.2 Å². The minimum Gasteiger partial charge on any atom is -0.497 e. The molecule has 2 fully saturated rings. The van der Waals surface area contributed by atoms with Crippen molar-refractivity contribution in [1.29, 1.82) is 0 Å². The number of benzene rings is 2. The number of alkyl halides is 4. The van der Waals surface area contributed by atoms with Gasteiger partial charge in [0.05, 0.1) is 28.6 Å². The fourth-order valence-electron chi connectivity index (χ4n) is 6.28. The maximum Gasteiger partial charge on any atom is 0.416 e. The van der Waals surface area contributed by atoms with E-state index < -0.39 is 29.2 Å². The summed E-state index contributed by atoms with van der Waals surface area (Å²) in [5.41, 5.74) is 2.69. The van der Waals surface area contributed by atoms with Crippen LogP contribution in [-0.2, 0) is 15.8 Å². The van der Waals surface area contributed by atoms with E-state index in [2.05, 4.69) is 15.2 Å². The molecule has 2 aliphatic heterocycles. The Morgan fingerprint density at radius 2 is 1.80 bits per heavy atom. The van der Waals surface area contributed by atoms with Gasteiger partial charge in [-0.3, -0.25) is 25.0 Å². The molecule has 274 valence electrons. The van der Waals surface area contributed by atoms with Crippen LogP contribution in [0.1, 0.15) is 55.8 Å². The fraction of sp³-hybridized carbons (Fsp3) is 0.500. The normalized spacial score (nSPS) is 17.4. The third-order valence-electron chi connectivity index (χ3n) is 9.33. The molecule has 2 aliphatic rings. The summed E-state index contributed by atoms with van der Waals surface area (Å²) in [4.78, 5) is 30.7. The van der Waals surface area contributed by atoms with Crippen molar-refractivity contribution in [2.24, 2.45) is 11.3 Å². The second-order valence-corrected chi connectivity index (χ2v) is 13.9. The summed E-state index contributed by atoms with van der Waals surface area (Å²) in [5, 5.41) is 21.6. The molecule has 5 N–H and O–H groups in total. The Kier molecular flexibility index (Phi) is 14.5. The number of rotatable bonds is 11. The highest BCUT2D eigenvalue weighted by Gasteiger charge is 2.41. The molecule has 16 heteroatoms.